The first-order valence-electron chi connectivity index (χ1n) is 6.46. The van der Waals surface area contributed by atoms with Crippen LogP contribution in [-0.2, 0) is 0 Å². The highest BCUT2D eigenvalue weighted by molar-refractivity contribution is 9.09. The summed E-state index contributed by atoms with van der Waals surface area (Å²) in [5.74, 6) is 2.60. The molecule has 17 heavy (non-hydrogen) atoms. The molecule has 1 atom stereocenters. The van der Waals surface area contributed by atoms with Crippen LogP contribution in [0, 0.1) is 5.92 Å². The molecule has 3 rings (SSSR count). The third-order valence-corrected chi connectivity index (χ3v) is 5.37. The number of rotatable bonds is 3. The first-order valence-corrected chi connectivity index (χ1v) is 8.15. The third kappa shape index (κ3) is 2.65. The van der Waals surface area contributed by atoms with Crippen LogP contribution in [0.3, 0.4) is 0 Å². The zero-order valence-corrected chi connectivity index (χ0v) is 12.5. The first kappa shape index (κ1) is 11.9. The lowest BCUT2D eigenvalue weighted by Crippen LogP contribution is -2.35. The number of nitrogens with zero attached hydrogens (tertiary/aromatic N) is 3. The van der Waals surface area contributed by atoms with Crippen molar-refractivity contribution in [3.63, 3.8) is 0 Å². The average Bonchev–Trinajstić information content (AvgIpc) is 3.07. The Morgan fingerprint density at radius 1 is 1.29 bits per heavy atom. The van der Waals surface area contributed by atoms with Gasteiger partial charge in [-0.15, -0.1) is 0 Å². The van der Waals surface area contributed by atoms with E-state index in [1.54, 1.807) is 11.5 Å². The zero-order valence-electron chi connectivity index (χ0n) is 10.1. The second kappa shape index (κ2) is 4.84. The van der Waals surface area contributed by atoms with Crippen LogP contribution in [-0.4, -0.2) is 27.3 Å². The van der Waals surface area contributed by atoms with Gasteiger partial charge in [0.15, 0.2) is 0 Å². The van der Waals surface area contributed by atoms with Gasteiger partial charge in [-0.1, -0.05) is 22.9 Å². The Bertz CT molecular complexity index is 381. The van der Waals surface area contributed by atoms with Gasteiger partial charge < -0.3 is 4.90 Å². The highest BCUT2D eigenvalue weighted by Crippen LogP contribution is 2.40. The van der Waals surface area contributed by atoms with E-state index in [0.717, 1.165) is 30.0 Å². The summed E-state index contributed by atoms with van der Waals surface area (Å²) < 4.78 is 4.49. The van der Waals surface area contributed by atoms with Crippen molar-refractivity contribution in [1.82, 2.24) is 9.36 Å². The Labute approximate surface area is 115 Å². The van der Waals surface area contributed by atoms with Crippen molar-refractivity contribution < 1.29 is 0 Å². The van der Waals surface area contributed by atoms with Crippen LogP contribution in [0.4, 0.5) is 5.13 Å². The lowest BCUT2D eigenvalue weighted by molar-refractivity contribution is 0.407. The largest absolute Gasteiger partial charge is 0.347 e. The van der Waals surface area contributed by atoms with Gasteiger partial charge in [-0.25, -0.2) is 4.98 Å². The quantitative estimate of drug-likeness (QED) is 0.800. The molecule has 0 bridgehead atoms. The minimum atomic E-state index is 0.640. The molecule has 0 spiro atoms. The van der Waals surface area contributed by atoms with Crippen molar-refractivity contribution in [3.05, 3.63) is 5.82 Å². The Morgan fingerprint density at radius 2 is 2.00 bits per heavy atom. The minimum Gasteiger partial charge on any atom is -0.347 e. The number of hydrogen-bond acceptors (Lipinski definition) is 4. The van der Waals surface area contributed by atoms with E-state index < -0.39 is 0 Å². The summed E-state index contributed by atoms with van der Waals surface area (Å²) in [6.07, 6.45) is 5.12. The minimum absolute atomic E-state index is 0.640. The van der Waals surface area contributed by atoms with Gasteiger partial charge in [0.2, 0.25) is 5.13 Å². The number of alkyl halides is 1. The second-order valence-electron chi connectivity index (χ2n) is 5.21. The smallest absolute Gasteiger partial charge is 0.205 e. The molecular weight excluding hydrogens is 298 g/mol. The van der Waals surface area contributed by atoms with Crippen LogP contribution in [0.5, 0.6) is 0 Å². The van der Waals surface area contributed by atoms with Crippen LogP contribution in [0.2, 0.25) is 0 Å². The molecule has 1 saturated heterocycles. The average molecular weight is 316 g/mol. The van der Waals surface area contributed by atoms with Gasteiger partial charge >= 0.3 is 0 Å². The summed E-state index contributed by atoms with van der Waals surface area (Å²) in [5.41, 5.74) is 0. The van der Waals surface area contributed by atoms with Crippen molar-refractivity contribution in [3.8, 4) is 0 Å². The Kier molecular flexibility index (Phi) is 3.39. The SMILES string of the molecule is CC(Br)C1CCN(c2nc(C3CC3)ns2)CC1. The van der Waals surface area contributed by atoms with E-state index in [2.05, 4.69) is 37.1 Å². The lowest BCUT2D eigenvalue weighted by atomic mass is 9.95. The molecule has 2 aliphatic rings. The molecular formula is C12H18BrN3S. The van der Waals surface area contributed by atoms with E-state index in [9.17, 15) is 0 Å². The van der Waals surface area contributed by atoms with Gasteiger partial charge in [-0.05, 0) is 31.6 Å². The van der Waals surface area contributed by atoms with Gasteiger partial charge in [-0.3, -0.25) is 0 Å². The lowest BCUT2D eigenvalue weighted by Gasteiger charge is -2.32. The molecule has 5 heteroatoms. The predicted octanol–water partition coefficient (Wildman–Crippen LogP) is 3.42. The molecule has 2 heterocycles. The molecule has 1 unspecified atom stereocenters. The number of halogens is 1. The molecule has 1 aliphatic heterocycles. The fourth-order valence-electron chi connectivity index (χ4n) is 2.41. The van der Waals surface area contributed by atoms with Gasteiger partial charge in [0.05, 0.1) is 0 Å². The van der Waals surface area contributed by atoms with Crippen LogP contribution in [0.1, 0.15) is 44.3 Å². The van der Waals surface area contributed by atoms with Crippen molar-refractivity contribution in [2.24, 2.45) is 5.92 Å². The second-order valence-corrected chi connectivity index (χ2v) is 7.39. The molecule has 2 fully saturated rings. The summed E-state index contributed by atoms with van der Waals surface area (Å²) in [5, 5.41) is 1.15. The van der Waals surface area contributed by atoms with Gasteiger partial charge in [0, 0.05) is 35.4 Å². The van der Waals surface area contributed by atoms with E-state index in [1.165, 1.54) is 25.7 Å². The summed E-state index contributed by atoms with van der Waals surface area (Å²) in [4.78, 5) is 7.74. The van der Waals surface area contributed by atoms with Gasteiger partial charge in [0.1, 0.15) is 5.82 Å². The normalized spacial score (nSPS) is 24.0. The predicted molar refractivity (Wildman–Crippen MR) is 75.2 cm³/mol. The number of piperidine rings is 1. The number of hydrogen-bond donors (Lipinski definition) is 0. The zero-order chi connectivity index (χ0) is 11.8. The van der Waals surface area contributed by atoms with E-state index >= 15 is 0 Å². The summed E-state index contributed by atoms with van der Waals surface area (Å²) >= 11 is 5.29. The van der Waals surface area contributed by atoms with Gasteiger partial charge in [0.25, 0.3) is 0 Å². The van der Waals surface area contributed by atoms with Crippen LogP contribution in [0.25, 0.3) is 0 Å². The molecule has 3 nitrogen and oxygen atoms in total. The maximum atomic E-state index is 4.69. The molecule has 1 aliphatic carbocycles. The van der Waals surface area contributed by atoms with E-state index in [-0.39, 0.29) is 0 Å². The van der Waals surface area contributed by atoms with Gasteiger partial charge in [-0.2, -0.15) is 4.37 Å². The Balaban J connectivity index is 1.61. The van der Waals surface area contributed by atoms with E-state index in [1.807, 2.05) is 0 Å². The maximum absolute atomic E-state index is 4.69. The molecule has 1 saturated carbocycles. The fraction of sp³-hybridized carbons (Fsp3) is 0.833. The van der Waals surface area contributed by atoms with Crippen molar-refractivity contribution in [2.45, 2.75) is 43.4 Å². The van der Waals surface area contributed by atoms with Crippen molar-refractivity contribution in [1.29, 1.82) is 0 Å². The first-order chi connectivity index (χ1) is 8.24. The molecule has 0 amide bonds. The fourth-order valence-corrected chi connectivity index (χ4v) is 3.74. The van der Waals surface area contributed by atoms with Crippen LogP contribution >= 0.6 is 27.5 Å². The van der Waals surface area contributed by atoms with E-state index in [0.29, 0.717) is 10.7 Å². The summed E-state index contributed by atoms with van der Waals surface area (Å²) in [6.45, 7) is 4.54. The molecule has 1 aromatic rings. The third-order valence-electron chi connectivity index (χ3n) is 3.83. The topological polar surface area (TPSA) is 29.0 Å². The van der Waals surface area contributed by atoms with Crippen LogP contribution in [0.15, 0.2) is 0 Å². The Hall–Kier alpha value is -0.160. The molecule has 1 aromatic heterocycles. The van der Waals surface area contributed by atoms with Crippen LogP contribution < -0.4 is 4.90 Å². The number of anilines is 1. The molecule has 0 N–H and O–H groups in total. The van der Waals surface area contributed by atoms with Crippen molar-refractivity contribution in [2.75, 3.05) is 18.0 Å². The molecule has 0 radical (unpaired) electrons. The standard InChI is InChI=1S/C12H18BrN3S/c1-8(13)9-4-6-16(7-5-9)12-14-11(15-17-12)10-2-3-10/h8-10H,2-7H2,1H3. The highest BCUT2D eigenvalue weighted by atomic mass is 79.9. The maximum Gasteiger partial charge on any atom is 0.205 e. The molecule has 0 aromatic carbocycles. The monoisotopic (exact) mass is 315 g/mol. The van der Waals surface area contributed by atoms with Crippen molar-refractivity contribution >= 4 is 32.6 Å². The highest BCUT2D eigenvalue weighted by Gasteiger charge is 2.29. The van der Waals surface area contributed by atoms with E-state index in [4.69, 9.17) is 0 Å². The summed E-state index contributed by atoms with van der Waals surface area (Å²) in [6, 6.07) is 0. The molecule has 94 valence electrons. The Morgan fingerprint density at radius 3 is 2.59 bits per heavy atom. The number of aromatic nitrogens is 2. The summed E-state index contributed by atoms with van der Waals surface area (Å²) in [7, 11) is 0.